The summed E-state index contributed by atoms with van der Waals surface area (Å²) < 4.78 is 4.83. The first kappa shape index (κ1) is 13.9. The van der Waals surface area contributed by atoms with Crippen molar-refractivity contribution in [1.82, 2.24) is 4.90 Å². The van der Waals surface area contributed by atoms with Crippen molar-refractivity contribution >= 4 is 11.9 Å². The molecule has 4 nitrogen and oxygen atoms in total. The highest BCUT2D eigenvalue weighted by molar-refractivity contribution is 5.97. The number of hydrogen-bond acceptors (Lipinski definition) is 3. The van der Waals surface area contributed by atoms with Crippen LogP contribution in [0.15, 0.2) is 41.5 Å². The predicted octanol–water partition coefficient (Wildman–Crippen LogP) is 2.30. The number of methoxy groups -OCH3 is 1. The highest BCUT2D eigenvalue weighted by Gasteiger charge is 2.36. The molecule has 1 aromatic carbocycles. The molecule has 0 saturated carbocycles. The highest BCUT2D eigenvalue weighted by atomic mass is 16.5. The van der Waals surface area contributed by atoms with Gasteiger partial charge in [0.15, 0.2) is 0 Å². The van der Waals surface area contributed by atoms with E-state index >= 15 is 0 Å². The molecule has 1 amide bonds. The normalized spacial score (nSPS) is 21.5. The molecule has 21 heavy (non-hydrogen) atoms. The van der Waals surface area contributed by atoms with Crippen LogP contribution in [0.2, 0.25) is 0 Å². The second-order valence-electron chi connectivity index (χ2n) is 5.69. The lowest BCUT2D eigenvalue weighted by Gasteiger charge is -2.20. The Hall–Kier alpha value is -2.10. The van der Waals surface area contributed by atoms with E-state index in [1.54, 1.807) is 0 Å². The van der Waals surface area contributed by atoms with Crippen LogP contribution in [0, 0.1) is 5.92 Å². The van der Waals surface area contributed by atoms with Gasteiger partial charge in [-0.25, -0.2) is 0 Å². The number of amides is 1. The lowest BCUT2D eigenvalue weighted by molar-refractivity contribution is -0.145. The zero-order valence-corrected chi connectivity index (χ0v) is 12.2. The fourth-order valence-corrected chi connectivity index (χ4v) is 3.23. The number of carbonyl (C=O) groups excluding carboxylic acids is 2. The third kappa shape index (κ3) is 2.71. The summed E-state index contributed by atoms with van der Waals surface area (Å²) in [5.74, 6) is -0.106. The average molecular weight is 285 g/mol. The van der Waals surface area contributed by atoms with Gasteiger partial charge < -0.3 is 9.64 Å². The van der Waals surface area contributed by atoms with E-state index in [1.807, 2.05) is 35.2 Å². The summed E-state index contributed by atoms with van der Waals surface area (Å²) in [6, 6.07) is 10.00. The summed E-state index contributed by atoms with van der Waals surface area (Å²) in [5.41, 5.74) is 3.18. The molecule has 1 unspecified atom stereocenters. The van der Waals surface area contributed by atoms with Gasteiger partial charge in [0.25, 0.3) is 0 Å². The number of rotatable bonds is 3. The molecule has 1 aliphatic carbocycles. The summed E-state index contributed by atoms with van der Waals surface area (Å²) in [6.07, 6.45) is 2.08. The molecule has 110 valence electrons. The third-order valence-electron chi connectivity index (χ3n) is 4.34. The minimum Gasteiger partial charge on any atom is -0.469 e. The summed E-state index contributed by atoms with van der Waals surface area (Å²) in [4.78, 5) is 26.0. The van der Waals surface area contributed by atoms with Crippen LogP contribution in [-0.2, 0) is 20.9 Å². The van der Waals surface area contributed by atoms with Gasteiger partial charge in [0.2, 0.25) is 5.91 Å². The van der Waals surface area contributed by atoms with Crippen molar-refractivity contribution in [2.24, 2.45) is 5.92 Å². The summed E-state index contributed by atoms with van der Waals surface area (Å²) >= 11 is 0. The van der Waals surface area contributed by atoms with Crippen LogP contribution in [-0.4, -0.2) is 30.4 Å². The van der Waals surface area contributed by atoms with E-state index in [0.29, 0.717) is 25.9 Å². The molecule has 1 atom stereocenters. The van der Waals surface area contributed by atoms with E-state index in [1.165, 1.54) is 7.11 Å². The van der Waals surface area contributed by atoms with Gasteiger partial charge in [-0.05, 0) is 30.4 Å². The van der Waals surface area contributed by atoms with E-state index in [4.69, 9.17) is 4.74 Å². The molecule has 0 aromatic heterocycles. The molecule has 0 N–H and O–H groups in total. The van der Waals surface area contributed by atoms with Crippen molar-refractivity contribution in [2.75, 3.05) is 13.7 Å². The Labute approximate surface area is 124 Å². The second-order valence-corrected chi connectivity index (χ2v) is 5.69. The van der Waals surface area contributed by atoms with Gasteiger partial charge in [-0.3, -0.25) is 9.59 Å². The quantitative estimate of drug-likeness (QED) is 0.801. The third-order valence-corrected chi connectivity index (χ3v) is 4.34. The first-order valence-corrected chi connectivity index (χ1v) is 7.31. The van der Waals surface area contributed by atoms with Crippen LogP contribution >= 0.6 is 0 Å². The lowest BCUT2D eigenvalue weighted by atomic mass is 9.85. The molecular weight excluding hydrogens is 266 g/mol. The van der Waals surface area contributed by atoms with E-state index in [0.717, 1.165) is 23.1 Å². The van der Waals surface area contributed by atoms with E-state index in [-0.39, 0.29) is 17.8 Å². The Bertz CT molecular complexity index is 591. The van der Waals surface area contributed by atoms with Crippen molar-refractivity contribution in [3.05, 3.63) is 47.0 Å². The largest absolute Gasteiger partial charge is 0.469 e. The molecule has 0 radical (unpaired) electrons. The van der Waals surface area contributed by atoms with Crippen LogP contribution in [0.4, 0.5) is 0 Å². The number of ether oxygens (including phenoxy) is 1. The maximum Gasteiger partial charge on any atom is 0.308 e. The Kier molecular flexibility index (Phi) is 3.78. The highest BCUT2D eigenvalue weighted by Crippen LogP contribution is 2.36. The number of carbonyl (C=O) groups is 2. The van der Waals surface area contributed by atoms with Gasteiger partial charge in [0.05, 0.1) is 13.0 Å². The van der Waals surface area contributed by atoms with Gasteiger partial charge >= 0.3 is 5.97 Å². The monoisotopic (exact) mass is 285 g/mol. The number of nitrogens with zero attached hydrogens (tertiary/aromatic N) is 1. The lowest BCUT2D eigenvalue weighted by Crippen LogP contribution is -2.26. The Morgan fingerprint density at radius 1 is 1.33 bits per heavy atom. The second kappa shape index (κ2) is 5.72. The summed E-state index contributed by atoms with van der Waals surface area (Å²) in [7, 11) is 1.42. The molecular formula is C17H19NO3. The maximum absolute atomic E-state index is 12.4. The fourth-order valence-electron chi connectivity index (χ4n) is 3.23. The molecule has 1 aliphatic heterocycles. The van der Waals surface area contributed by atoms with Crippen LogP contribution < -0.4 is 0 Å². The smallest absolute Gasteiger partial charge is 0.308 e. The molecule has 0 fully saturated rings. The molecule has 3 rings (SSSR count). The molecule has 0 spiro atoms. The first-order chi connectivity index (χ1) is 10.2. The van der Waals surface area contributed by atoms with Crippen LogP contribution in [0.5, 0.6) is 0 Å². The van der Waals surface area contributed by atoms with Crippen molar-refractivity contribution in [2.45, 2.75) is 25.8 Å². The van der Waals surface area contributed by atoms with E-state index < -0.39 is 0 Å². The van der Waals surface area contributed by atoms with Gasteiger partial charge in [0.1, 0.15) is 0 Å². The predicted molar refractivity (Wildman–Crippen MR) is 78.2 cm³/mol. The minimum atomic E-state index is -0.157. The average Bonchev–Trinajstić information content (AvgIpc) is 2.83. The zero-order chi connectivity index (χ0) is 14.8. The zero-order valence-electron chi connectivity index (χ0n) is 12.2. The van der Waals surface area contributed by atoms with Crippen LogP contribution in [0.25, 0.3) is 0 Å². The van der Waals surface area contributed by atoms with Crippen molar-refractivity contribution < 1.29 is 14.3 Å². The molecule has 2 aliphatic rings. The molecule has 1 heterocycles. The Balaban J connectivity index is 1.69. The maximum atomic E-state index is 12.4. The van der Waals surface area contributed by atoms with Crippen LogP contribution in [0.1, 0.15) is 24.8 Å². The van der Waals surface area contributed by atoms with Gasteiger partial charge in [0, 0.05) is 18.7 Å². The number of benzene rings is 1. The standard InChI is InChI=1S/C17H19NO3/c1-21-17(20)13-7-8-15-14(9-13)11-18(16(15)19)10-12-5-3-2-4-6-12/h2-6,13H,7-11H2,1H3. The van der Waals surface area contributed by atoms with Crippen molar-refractivity contribution in [1.29, 1.82) is 0 Å². The molecule has 0 bridgehead atoms. The SMILES string of the molecule is COC(=O)C1CCC2=C(C1)CN(Cc1ccccc1)C2=O. The fraction of sp³-hybridized carbons (Fsp3) is 0.412. The molecule has 4 heteroatoms. The van der Waals surface area contributed by atoms with Crippen molar-refractivity contribution in [3.63, 3.8) is 0 Å². The Morgan fingerprint density at radius 3 is 2.81 bits per heavy atom. The summed E-state index contributed by atoms with van der Waals surface area (Å²) in [6.45, 7) is 1.28. The molecule has 1 aromatic rings. The topological polar surface area (TPSA) is 46.6 Å². The van der Waals surface area contributed by atoms with Gasteiger partial charge in [-0.2, -0.15) is 0 Å². The molecule has 0 saturated heterocycles. The van der Waals surface area contributed by atoms with Crippen molar-refractivity contribution in [3.8, 4) is 0 Å². The minimum absolute atomic E-state index is 0.0850. The van der Waals surface area contributed by atoms with Gasteiger partial charge in [-0.15, -0.1) is 0 Å². The van der Waals surface area contributed by atoms with E-state index in [9.17, 15) is 9.59 Å². The van der Waals surface area contributed by atoms with Gasteiger partial charge in [-0.1, -0.05) is 30.3 Å². The number of hydrogen-bond donors (Lipinski definition) is 0. The Morgan fingerprint density at radius 2 is 2.10 bits per heavy atom. The van der Waals surface area contributed by atoms with Crippen LogP contribution in [0.3, 0.4) is 0 Å². The van der Waals surface area contributed by atoms with E-state index in [2.05, 4.69) is 0 Å². The first-order valence-electron chi connectivity index (χ1n) is 7.31. The number of esters is 1. The summed E-state index contributed by atoms with van der Waals surface area (Å²) in [5, 5.41) is 0.